The summed E-state index contributed by atoms with van der Waals surface area (Å²) >= 11 is 0. The van der Waals surface area contributed by atoms with Gasteiger partial charge >= 0.3 is 0 Å². The minimum absolute atomic E-state index is 0.000408. The second-order valence-electron chi connectivity index (χ2n) is 13.1. The minimum Gasteiger partial charge on any atom is -0.414 e. The Morgan fingerprint density at radius 1 is 0.970 bits per heavy atom. The number of ketones is 1. The lowest BCUT2D eigenvalue weighted by molar-refractivity contribution is -0.145. The van der Waals surface area contributed by atoms with Gasteiger partial charge in [0.15, 0.2) is 22.4 Å². The van der Waals surface area contributed by atoms with E-state index in [0.717, 1.165) is 11.6 Å². The molecule has 0 N–H and O–H groups in total. The first-order valence-corrected chi connectivity index (χ1v) is 22.4. The first-order valence-electron chi connectivity index (χ1n) is 12.4. The lowest BCUT2D eigenvalue weighted by atomic mass is 9.92. The molecular formula is C25H54O5Si3. The van der Waals surface area contributed by atoms with E-state index in [1.54, 1.807) is 0 Å². The maximum atomic E-state index is 13.2. The highest BCUT2D eigenvalue weighted by atomic mass is 28.4. The quantitative estimate of drug-likeness (QED) is 0.0944. The van der Waals surface area contributed by atoms with E-state index in [2.05, 4.69) is 93.6 Å². The van der Waals surface area contributed by atoms with Crippen molar-refractivity contribution < 1.29 is 23.1 Å². The summed E-state index contributed by atoms with van der Waals surface area (Å²) < 4.78 is 24.2. The normalized spacial score (nSPS) is 16.4. The SMILES string of the molecule is C=C(CC(=O)[C@@H](CO[Si](C)(C)C(C)(C)C)OCOCC[Si](C)(C)C)[C@@H](C)[C@@H](C)O[Si](C)(C)C. The first kappa shape index (κ1) is 32.9. The molecule has 0 fully saturated rings. The topological polar surface area (TPSA) is 54.0 Å². The van der Waals surface area contributed by atoms with Gasteiger partial charge in [0.1, 0.15) is 12.9 Å². The molecule has 0 aliphatic heterocycles. The third kappa shape index (κ3) is 14.1. The van der Waals surface area contributed by atoms with E-state index >= 15 is 0 Å². The smallest absolute Gasteiger partial charge is 0.192 e. The van der Waals surface area contributed by atoms with Gasteiger partial charge in [0.25, 0.3) is 0 Å². The Morgan fingerprint density at radius 3 is 1.97 bits per heavy atom. The summed E-state index contributed by atoms with van der Waals surface area (Å²) in [5, 5.41) is 0.0656. The van der Waals surface area contributed by atoms with E-state index in [-0.39, 0.29) is 42.7 Å². The first-order chi connectivity index (χ1) is 14.7. The molecule has 0 aromatic rings. The highest BCUT2D eigenvalue weighted by Crippen LogP contribution is 2.36. The van der Waals surface area contributed by atoms with Crippen LogP contribution in [0, 0.1) is 5.92 Å². The second-order valence-corrected chi connectivity index (χ2v) is 28.0. The van der Waals surface area contributed by atoms with Crippen molar-refractivity contribution in [2.45, 2.75) is 117 Å². The van der Waals surface area contributed by atoms with Crippen LogP contribution in [0.3, 0.4) is 0 Å². The Balaban J connectivity index is 5.12. The Bertz CT molecular complexity index is 615. The molecule has 0 bridgehead atoms. The molecule has 3 atom stereocenters. The number of hydrogen-bond donors (Lipinski definition) is 0. The number of carbonyl (C=O) groups is 1. The molecule has 0 aromatic heterocycles. The molecule has 0 spiro atoms. The van der Waals surface area contributed by atoms with Crippen molar-refractivity contribution in [3.05, 3.63) is 12.2 Å². The highest BCUT2D eigenvalue weighted by molar-refractivity contribution is 6.76. The molecule has 0 aliphatic carbocycles. The van der Waals surface area contributed by atoms with Crippen LogP contribution < -0.4 is 0 Å². The molecule has 8 heteroatoms. The average molecular weight is 519 g/mol. The predicted octanol–water partition coefficient (Wildman–Crippen LogP) is 7.10. The molecule has 196 valence electrons. The number of carbonyl (C=O) groups excluding carboxylic acids is 1. The van der Waals surface area contributed by atoms with Crippen LogP contribution in [0.2, 0.25) is 63.5 Å². The van der Waals surface area contributed by atoms with E-state index in [1.165, 1.54) is 0 Å². The summed E-state index contributed by atoms with van der Waals surface area (Å²) in [6.45, 7) is 33.8. The zero-order chi connectivity index (χ0) is 26.3. The fourth-order valence-corrected chi connectivity index (χ4v) is 5.87. The van der Waals surface area contributed by atoms with Crippen molar-refractivity contribution in [1.29, 1.82) is 0 Å². The molecule has 0 saturated heterocycles. The van der Waals surface area contributed by atoms with Gasteiger partial charge in [-0.3, -0.25) is 4.79 Å². The number of rotatable bonds is 16. The summed E-state index contributed by atoms with van der Waals surface area (Å²) in [4.78, 5) is 13.2. The molecular weight excluding hydrogens is 465 g/mol. The number of ether oxygens (including phenoxy) is 2. The molecule has 0 amide bonds. The maximum Gasteiger partial charge on any atom is 0.192 e. The summed E-state index contributed by atoms with van der Waals surface area (Å²) in [5.41, 5.74) is 0.881. The molecule has 0 heterocycles. The number of Topliss-reactive ketones (excluding diaryl/α,β-unsaturated/α-hetero) is 1. The maximum absolute atomic E-state index is 13.2. The van der Waals surface area contributed by atoms with Crippen LogP contribution in [0.25, 0.3) is 0 Å². The summed E-state index contributed by atoms with van der Waals surface area (Å²) in [6.07, 6.45) is -0.353. The van der Waals surface area contributed by atoms with E-state index < -0.39 is 30.8 Å². The van der Waals surface area contributed by atoms with Gasteiger partial charge in [-0.1, -0.05) is 59.5 Å². The monoisotopic (exact) mass is 518 g/mol. The van der Waals surface area contributed by atoms with Crippen molar-refractivity contribution in [1.82, 2.24) is 0 Å². The molecule has 0 saturated carbocycles. The third-order valence-corrected chi connectivity index (χ3v) is 13.7. The Hall–Kier alpha value is -0.0994. The Kier molecular flexibility index (Phi) is 13.2. The minimum atomic E-state index is -2.00. The van der Waals surface area contributed by atoms with Gasteiger partial charge in [-0.15, -0.1) is 0 Å². The van der Waals surface area contributed by atoms with Gasteiger partial charge in [0.2, 0.25) is 0 Å². The van der Waals surface area contributed by atoms with Gasteiger partial charge in [-0.2, -0.15) is 0 Å². The molecule has 0 radical (unpaired) electrons. The van der Waals surface area contributed by atoms with Crippen molar-refractivity contribution >= 4 is 30.5 Å². The predicted molar refractivity (Wildman–Crippen MR) is 149 cm³/mol. The summed E-state index contributed by atoms with van der Waals surface area (Å²) in [6, 6.07) is 1.07. The number of hydrogen-bond acceptors (Lipinski definition) is 5. The van der Waals surface area contributed by atoms with Gasteiger partial charge in [0.05, 0.1) is 6.61 Å². The van der Waals surface area contributed by atoms with Crippen LogP contribution in [0.5, 0.6) is 0 Å². The fraction of sp³-hybridized carbons (Fsp3) is 0.880. The van der Waals surface area contributed by atoms with Crippen LogP contribution in [0.15, 0.2) is 12.2 Å². The van der Waals surface area contributed by atoms with Crippen LogP contribution in [0.4, 0.5) is 0 Å². The van der Waals surface area contributed by atoms with E-state index in [1.807, 2.05) is 0 Å². The Morgan fingerprint density at radius 2 is 1.52 bits per heavy atom. The standard InChI is InChI=1S/C25H54O5Si3/c1-20(21(2)22(3)30-32(10,11)12)17-23(26)24(18-29-33(13,14)25(4,5)6)28-19-27-15-16-31(7,8)9/h21-22,24H,1,15-19H2,2-14H3/t21-,22-,24-/m1/s1. The van der Waals surface area contributed by atoms with Gasteiger partial charge in [0, 0.05) is 33.1 Å². The molecule has 0 rings (SSSR count). The average Bonchev–Trinajstić information content (AvgIpc) is 2.59. The summed E-state index contributed by atoms with van der Waals surface area (Å²) in [5.74, 6) is 0.0928. The van der Waals surface area contributed by atoms with E-state index in [4.69, 9.17) is 18.3 Å². The third-order valence-electron chi connectivity index (χ3n) is 6.40. The van der Waals surface area contributed by atoms with Gasteiger partial charge < -0.3 is 18.3 Å². The molecule has 0 unspecified atom stereocenters. The van der Waals surface area contributed by atoms with Gasteiger partial charge in [-0.25, -0.2) is 0 Å². The second kappa shape index (κ2) is 13.3. The molecule has 0 aliphatic rings. The lowest BCUT2D eigenvalue weighted by Gasteiger charge is -2.37. The van der Waals surface area contributed by atoms with Gasteiger partial charge in [-0.05, 0) is 50.7 Å². The molecule has 5 nitrogen and oxygen atoms in total. The summed E-state index contributed by atoms with van der Waals surface area (Å²) in [7, 11) is -4.83. The van der Waals surface area contributed by atoms with Crippen LogP contribution in [-0.2, 0) is 23.1 Å². The van der Waals surface area contributed by atoms with Crippen molar-refractivity contribution in [2.75, 3.05) is 20.0 Å². The van der Waals surface area contributed by atoms with E-state index in [9.17, 15) is 4.79 Å². The Labute approximate surface area is 208 Å². The van der Waals surface area contributed by atoms with E-state index in [0.29, 0.717) is 6.61 Å². The molecule has 33 heavy (non-hydrogen) atoms. The van der Waals surface area contributed by atoms with Crippen molar-refractivity contribution in [3.63, 3.8) is 0 Å². The van der Waals surface area contributed by atoms with Crippen molar-refractivity contribution in [3.8, 4) is 0 Å². The lowest BCUT2D eigenvalue weighted by Crippen LogP contribution is -2.44. The van der Waals surface area contributed by atoms with Crippen LogP contribution in [-0.4, -0.2) is 62.7 Å². The zero-order valence-corrected chi connectivity index (χ0v) is 27.0. The molecule has 0 aromatic carbocycles. The largest absolute Gasteiger partial charge is 0.414 e. The van der Waals surface area contributed by atoms with Crippen LogP contribution >= 0.6 is 0 Å². The fourth-order valence-electron chi connectivity index (χ4n) is 2.79. The zero-order valence-electron chi connectivity index (χ0n) is 24.0. The highest BCUT2D eigenvalue weighted by Gasteiger charge is 2.38. The van der Waals surface area contributed by atoms with Crippen LogP contribution in [0.1, 0.15) is 41.0 Å². The van der Waals surface area contributed by atoms with Crippen molar-refractivity contribution in [2.24, 2.45) is 5.92 Å².